The lowest BCUT2D eigenvalue weighted by Gasteiger charge is -2.08. The van der Waals surface area contributed by atoms with Crippen molar-refractivity contribution in [3.63, 3.8) is 0 Å². The predicted octanol–water partition coefficient (Wildman–Crippen LogP) is 1.48. The van der Waals surface area contributed by atoms with Gasteiger partial charge in [-0.15, -0.1) is 0 Å². The van der Waals surface area contributed by atoms with E-state index in [4.69, 9.17) is 14.2 Å². The maximum atomic E-state index is 11.7. The van der Waals surface area contributed by atoms with Crippen molar-refractivity contribution in [2.45, 2.75) is 0 Å². The summed E-state index contributed by atoms with van der Waals surface area (Å²) in [5.41, 5.74) is 0.139. The van der Waals surface area contributed by atoms with Crippen LogP contribution in [0.2, 0.25) is 0 Å². The molecule has 2 aromatic rings. The molecule has 2 heterocycles. The topological polar surface area (TPSA) is 93.7 Å². The Morgan fingerprint density at radius 1 is 1.45 bits per heavy atom. The number of H-pyrrole nitrogens is 1. The highest BCUT2D eigenvalue weighted by atomic mass is 127. The van der Waals surface area contributed by atoms with Crippen molar-refractivity contribution < 1.29 is 19.3 Å². The van der Waals surface area contributed by atoms with Crippen LogP contribution in [0.5, 0.6) is 23.1 Å². The van der Waals surface area contributed by atoms with Gasteiger partial charge in [-0.3, -0.25) is 4.79 Å². The second-order valence-electron chi connectivity index (χ2n) is 3.96. The van der Waals surface area contributed by atoms with Crippen LogP contribution in [0.15, 0.2) is 16.9 Å². The Kier molecular flexibility index (Phi) is 3.16. The van der Waals surface area contributed by atoms with E-state index in [1.165, 1.54) is 7.11 Å². The zero-order valence-electron chi connectivity index (χ0n) is 10.3. The summed E-state index contributed by atoms with van der Waals surface area (Å²) in [6, 6.07) is 3.31. The van der Waals surface area contributed by atoms with Crippen molar-refractivity contribution in [3.8, 4) is 34.5 Å². The number of nitrogens with one attached hydrogen (secondary N) is 1. The molecule has 20 heavy (non-hydrogen) atoms. The third kappa shape index (κ3) is 2.05. The lowest BCUT2D eigenvalue weighted by atomic mass is 10.1. The third-order valence-corrected chi connectivity index (χ3v) is 3.75. The van der Waals surface area contributed by atoms with Crippen LogP contribution >= 0.6 is 22.6 Å². The molecule has 0 radical (unpaired) electrons. The number of rotatable bonds is 2. The zero-order valence-corrected chi connectivity index (χ0v) is 12.4. The first-order valence-electron chi connectivity index (χ1n) is 5.57. The molecule has 0 aliphatic carbocycles. The number of aromatic amines is 1. The number of benzene rings is 1. The number of nitrogens with zero attached hydrogens (tertiary/aromatic N) is 1. The average Bonchev–Trinajstić information content (AvgIpc) is 2.91. The molecule has 0 saturated carbocycles. The van der Waals surface area contributed by atoms with Crippen LogP contribution in [-0.4, -0.2) is 29.0 Å². The number of fused-ring (bicyclic) bond motifs is 1. The monoisotopic (exact) mass is 388 g/mol. The number of hydrogen-bond acceptors (Lipinski definition) is 6. The number of ether oxygens (including phenoxy) is 3. The van der Waals surface area contributed by atoms with Crippen LogP contribution in [0.4, 0.5) is 0 Å². The maximum Gasteiger partial charge on any atom is 0.268 e. The minimum absolute atomic E-state index is 0.108. The summed E-state index contributed by atoms with van der Waals surface area (Å²) < 4.78 is 15.9. The summed E-state index contributed by atoms with van der Waals surface area (Å²) in [6.07, 6.45) is 0. The van der Waals surface area contributed by atoms with E-state index in [1.54, 1.807) is 34.7 Å². The largest absolute Gasteiger partial charge is 0.493 e. The van der Waals surface area contributed by atoms with Crippen LogP contribution in [0.1, 0.15) is 0 Å². The fraction of sp³-hybridized carbons (Fsp3) is 0.167. The van der Waals surface area contributed by atoms with E-state index in [1.807, 2.05) is 0 Å². The Morgan fingerprint density at radius 2 is 2.25 bits per heavy atom. The summed E-state index contributed by atoms with van der Waals surface area (Å²) >= 11 is 1.72. The van der Waals surface area contributed by atoms with Crippen molar-refractivity contribution >= 4 is 22.6 Å². The zero-order chi connectivity index (χ0) is 14.3. The van der Waals surface area contributed by atoms with Gasteiger partial charge in [0.1, 0.15) is 9.39 Å². The van der Waals surface area contributed by atoms with Gasteiger partial charge in [-0.2, -0.15) is 4.98 Å². The molecular formula is C12H9IN2O5. The number of aromatic nitrogens is 2. The highest BCUT2D eigenvalue weighted by molar-refractivity contribution is 14.1. The fourth-order valence-electron chi connectivity index (χ4n) is 1.85. The summed E-state index contributed by atoms with van der Waals surface area (Å²) in [6.45, 7) is 0.108. The molecule has 8 heteroatoms. The fourth-order valence-corrected chi connectivity index (χ4v) is 2.11. The van der Waals surface area contributed by atoms with E-state index >= 15 is 0 Å². The van der Waals surface area contributed by atoms with Gasteiger partial charge in [0, 0.05) is 5.56 Å². The van der Waals surface area contributed by atoms with Crippen LogP contribution in [0.25, 0.3) is 11.4 Å². The van der Waals surface area contributed by atoms with E-state index in [-0.39, 0.29) is 22.1 Å². The summed E-state index contributed by atoms with van der Waals surface area (Å²) in [5.74, 6) is 1.38. The molecule has 3 rings (SSSR count). The van der Waals surface area contributed by atoms with E-state index in [0.717, 1.165) is 0 Å². The van der Waals surface area contributed by atoms with Gasteiger partial charge < -0.3 is 24.3 Å². The molecule has 104 valence electrons. The van der Waals surface area contributed by atoms with Gasteiger partial charge in [-0.05, 0) is 34.7 Å². The third-order valence-electron chi connectivity index (χ3n) is 2.78. The Balaban J connectivity index is 2.18. The quantitative estimate of drug-likeness (QED) is 0.758. The molecule has 0 fully saturated rings. The normalized spacial score (nSPS) is 12.5. The highest BCUT2D eigenvalue weighted by Gasteiger charge is 2.21. The summed E-state index contributed by atoms with van der Waals surface area (Å²) in [5, 5.41) is 9.64. The van der Waals surface area contributed by atoms with Gasteiger partial charge >= 0.3 is 0 Å². The van der Waals surface area contributed by atoms with Crippen molar-refractivity contribution in [1.82, 2.24) is 9.97 Å². The Hall–Kier alpha value is -1.97. The van der Waals surface area contributed by atoms with Crippen molar-refractivity contribution in [2.24, 2.45) is 0 Å². The number of aromatic hydroxyl groups is 1. The smallest absolute Gasteiger partial charge is 0.268 e. The molecule has 2 N–H and O–H groups in total. The van der Waals surface area contributed by atoms with E-state index in [0.29, 0.717) is 22.8 Å². The minimum Gasteiger partial charge on any atom is -0.493 e. The van der Waals surface area contributed by atoms with Crippen molar-refractivity contribution in [3.05, 3.63) is 26.1 Å². The standard InChI is InChI=1S/C12H9IN2O5/c1-18-6-2-5(3-7-9(6)20-4-19-7)10-14-11(16)8(13)12(17)15-10/h2-3H,4H2,1H3,(H2,14,15,16,17). The first-order chi connectivity index (χ1) is 9.60. The average molecular weight is 388 g/mol. The van der Waals surface area contributed by atoms with Crippen LogP contribution < -0.4 is 19.8 Å². The molecular weight excluding hydrogens is 379 g/mol. The lowest BCUT2D eigenvalue weighted by Crippen LogP contribution is -2.12. The second-order valence-corrected chi connectivity index (χ2v) is 5.04. The minimum atomic E-state index is -0.412. The molecule has 1 aromatic heterocycles. The molecule has 0 unspecified atom stereocenters. The first kappa shape index (κ1) is 13.0. The van der Waals surface area contributed by atoms with Crippen molar-refractivity contribution in [1.29, 1.82) is 0 Å². The van der Waals surface area contributed by atoms with E-state index in [9.17, 15) is 9.90 Å². The van der Waals surface area contributed by atoms with Gasteiger partial charge in [0.2, 0.25) is 18.4 Å². The van der Waals surface area contributed by atoms with E-state index < -0.39 is 5.56 Å². The lowest BCUT2D eigenvalue weighted by molar-refractivity contribution is 0.171. The van der Waals surface area contributed by atoms with Gasteiger partial charge in [-0.1, -0.05) is 0 Å². The molecule has 1 aliphatic heterocycles. The van der Waals surface area contributed by atoms with Gasteiger partial charge in [0.15, 0.2) is 11.5 Å². The number of halogens is 1. The van der Waals surface area contributed by atoms with Gasteiger partial charge in [0.25, 0.3) is 5.56 Å². The van der Waals surface area contributed by atoms with E-state index in [2.05, 4.69) is 9.97 Å². The molecule has 0 bridgehead atoms. The Bertz CT molecular complexity index is 743. The second kappa shape index (κ2) is 4.85. The van der Waals surface area contributed by atoms with Crippen LogP contribution in [0.3, 0.4) is 0 Å². The molecule has 0 spiro atoms. The Morgan fingerprint density at radius 3 is 2.95 bits per heavy atom. The predicted molar refractivity (Wildman–Crippen MR) is 77.4 cm³/mol. The first-order valence-corrected chi connectivity index (χ1v) is 6.65. The molecule has 0 amide bonds. The summed E-state index contributed by atoms with van der Waals surface area (Å²) in [7, 11) is 1.50. The molecule has 0 atom stereocenters. The highest BCUT2D eigenvalue weighted by Crippen LogP contribution is 2.43. The van der Waals surface area contributed by atoms with Gasteiger partial charge in [-0.25, -0.2) is 0 Å². The molecule has 0 saturated heterocycles. The van der Waals surface area contributed by atoms with Crippen molar-refractivity contribution in [2.75, 3.05) is 13.9 Å². The number of methoxy groups -OCH3 is 1. The Labute approximate surface area is 126 Å². The molecule has 7 nitrogen and oxygen atoms in total. The SMILES string of the molecule is COc1cc(-c2nc(O)c(I)c(=O)[nH]2)cc2c1OCO2. The van der Waals surface area contributed by atoms with Crippen LogP contribution in [0, 0.1) is 3.57 Å². The molecule has 1 aliphatic rings. The number of hydrogen-bond donors (Lipinski definition) is 2. The van der Waals surface area contributed by atoms with Gasteiger partial charge in [0.05, 0.1) is 7.11 Å². The summed E-state index contributed by atoms with van der Waals surface area (Å²) in [4.78, 5) is 18.2. The maximum absolute atomic E-state index is 11.7. The van der Waals surface area contributed by atoms with Crippen LogP contribution in [-0.2, 0) is 0 Å². The molecule has 1 aromatic carbocycles.